The predicted octanol–water partition coefficient (Wildman–Crippen LogP) is 1.25. The molecule has 0 saturated heterocycles. The van der Waals surface area contributed by atoms with Crippen LogP contribution >= 0.6 is 11.8 Å². The minimum absolute atomic E-state index is 0.793. The Bertz CT molecular complexity index is 20.9. The summed E-state index contributed by atoms with van der Waals surface area (Å²) in [4.78, 5) is 0. The second kappa shape index (κ2) is 2.49. The van der Waals surface area contributed by atoms with Gasteiger partial charge in [-0.1, -0.05) is 6.92 Å². The van der Waals surface area contributed by atoms with Gasteiger partial charge in [-0.25, -0.2) is 4.42 Å². The monoisotopic (exact) mass is 92.0 g/mol. The molecule has 1 nitrogen and oxygen atoms in total. The highest BCUT2D eigenvalue weighted by molar-refractivity contribution is 6.13. The number of hydrogen-bond acceptors (Lipinski definition) is 1. The van der Waals surface area contributed by atoms with E-state index >= 15 is 0 Å². The zero-order chi connectivity index (χ0) is 4.28. The summed E-state index contributed by atoms with van der Waals surface area (Å²) in [5, 5.41) is 0. The lowest BCUT2D eigenvalue weighted by Crippen LogP contribution is -1.96. The molecule has 0 aliphatic carbocycles. The van der Waals surface area contributed by atoms with Crippen LogP contribution in [-0.4, -0.2) is 11.0 Å². The van der Waals surface area contributed by atoms with Crippen molar-refractivity contribution in [3.05, 3.63) is 7.05 Å². The Labute approximate surface area is 37.6 Å². The third-order valence-corrected chi connectivity index (χ3v) is 0.582. The highest BCUT2D eigenvalue weighted by Gasteiger charge is 1.76. The van der Waals surface area contributed by atoms with Crippen molar-refractivity contribution in [3.63, 3.8) is 0 Å². The van der Waals surface area contributed by atoms with E-state index in [9.17, 15) is 0 Å². The van der Waals surface area contributed by atoms with Crippen LogP contribution < -0.4 is 0 Å². The van der Waals surface area contributed by atoms with E-state index in [1.165, 1.54) is 4.42 Å². The lowest BCUT2D eigenvalue weighted by molar-refractivity contribution is 0.634. The summed E-state index contributed by atoms with van der Waals surface area (Å²) in [5.41, 5.74) is 0. The molecule has 0 aromatic rings. The van der Waals surface area contributed by atoms with Gasteiger partial charge in [-0.15, -0.1) is 0 Å². The van der Waals surface area contributed by atoms with E-state index in [1.807, 2.05) is 6.92 Å². The van der Waals surface area contributed by atoms with Gasteiger partial charge in [0.2, 0.25) is 0 Å². The van der Waals surface area contributed by atoms with Gasteiger partial charge < -0.3 is 0 Å². The minimum atomic E-state index is 0.793. The Kier molecular flexibility index (Phi) is 2.61. The maximum Gasteiger partial charge on any atom is 0.0279 e. The van der Waals surface area contributed by atoms with Crippen LogP contribution in [0, 0.1) is 7.05 Å². The normalized spacial score (nSPS) is 9.60. The molecule has 0 heterocycles. The van der Waals surface area contributed by atoms with E-state index in [2.05, 4.69) is 7.05 Å². The summed E-state index contributed by atoms with van der Waals surface area (Å²) in [6, 6.07) is 0. The second-order valence-electron chi connectivity index (χ2n) is 0.779. The number of halogens is 1. The van der Waals surface area contributed by atoms with Crippen molar-refractivity contribution in [1.29, 1.82) is 0 Å². The highest BCUT2D eigenvalue weighted by atomic mass is 35.5. The summed E-state index contributed by atoms with van der Waals surface area (Å²) in [6.07, 6.45) is 0. The fourth-order valence-corrected chi connectivity index (χ4v) is 0. The van der Waals surface area contributed by atoms with Crippen LogP contribution in [0.25, 0.3) is 0 Å². The van der Waals surface area contributed by atoms with E-state index in [1.54, 1.807) is 0 Å². The van der Waals surface area contributed by atoms with Crippen LogP contribution in [0.1, 0.15) is 6.92 Å². The first-order valence-electron chi connectivity index (χ1n) is 1.51. The van der Waals surface area contributed by atoms with E-state index in [4.69, 9.17) is 11.8 Å². The fourth-order valence-electron chi connectivity index (χ4n) is 0. The van der Waals surface area contributed by atoms with Crippen LogP contribution in [0.5, 0.6) is 0 Å². The number of rotatable bonds is 1. The van der Waals surface area contributed by atoms with Gasteiger partial charge in [-0.3, -0.25) is 0 Å². The summed E-state index contributed by atoms with van der Waals surface area (Å²) in [6.45, 7) is 2.72. The van der Waals surface area contributed by atoms with E-state index in [0.717, 1.165) is 6.54 Å². The predicted molar refractivity (Wildman–Crippen MR) is 23.6 cm³/mol. The third kappa shape index (κ3) is 4.25. The molecule has 0 atom stereocenters. The molecule has 0 rings (SSSR count). The standard InChI is InChI=1S/C3H7ClN/c1-3-5(2)4/h2-3H2,1H3. The van der Waals surface area contributed by atoms with E-state index in [-0.39, 0.29) is 0 Å². The molecule has 2 heteroatoms. The molecule has 0 spiro atoms. The highest BCUT2D eigenvalue weighted by Crippen LogP contribution is 1.83. The maximum atomic E-state index is 5.18. The van der Waals surface area contributed by atoms with Gasteiger partial charge in [-0.2, -0.15) is 0 Å². The number of nitrogens with zero attached hydrogens (tertiary/aromatic N) is 1. The summed E-state index contributed by atoms with van der Waals surface area (Å²) >= 11 is 5.18. The molecule has 0 aliphatic heterocycles. The van der Waals surface area contributed by atoms with Crippen LogP contribution in [0.15, 0.2) is 0 Å². The van der Waals surface area contributed by atoms with Crippen molar-refractivity contribution in [2.24, 2.45) is 0 Å². The van der Waals surface area contributed by atoms with Crippen molar-refractivity contribution in [2.45, 2.75) is 6.92 Å². The van der Waals surface area contributed by atoms with Crippen molar-refractivity contribution in [2.75, 3.05) is 6.54 Å². The van der Waals surface area contributed by atoms with Gasteiger partial charge in [-0.05, 0) is 11.8 Å². The molecule has 0 aromatic heterocycles. The quantitative estimate of drug-likeness (QED) is 0.440. The van der Waals surface area contributed by atoms with Gasteiger partial charge in [0.15, 0.2) is 0 Å². The molecule has 0 saturated carbocycles. The Morgan fingerprint density at radius 3 is 2.20 bits per heavy atom. The molecule has 0 bridgehead atoms. The van der Waals surface area contributed by atoms with Crippen molar-refractivity contribution >= 4 is 11.8 Å². The zero-order valence-corrected chi connectivity index (χ0v) is 4.00. The topological polar surface area (TPSA) is 3.24 Å². The summed E-state index contributed by atoms with van der Waals surface area (Å²) in [7, 11) is 3.36. The zero-order valence-electron chi connectivity index (χ0n) is 3.24. The lowest BCUT2D eigenvalue weighted by atomic mass is 10.8. The molecule has 0 amide bonds. The molecule has 5 heavy (non-hydrogen) atoms. The minimum Gasteiger partial charge on any atom is -0.219 e. The Morgan fingerprint density at radius 2 is 2.20 bits per heavy atom. The molecular formula is C3H7ClN. The molecule has 0 aromatic carbocycles. The first-order chi connectivity index (χ1) is 2.27. The molecular weight excluding hydrogens is 85.5 g/mol. The van der Waals surface area contributed by atoms with Crippen molar-refractivity contribution < 1.29 is 0 Å². The molecule has 0 fully saturated rings. The largest absolute Gasteiger partial charge is 0.219 e. The smallest absolute Gasteiger partial charge is 0.0279 e. The first kappa shape index (κ1) is 5.25. The van der Waals surface area contributed by atoms with Gasteiger partial charge in [0.25, 0.3) is 0 Å². The van der Waals surface area contributed by atoms with Gasteiger partial charge in [0.05, 0.1) is 0 Å². The van der Waals surface area contributed by atoms with Crippen molar-refractivity contribution in [3.8, 4) is 0 Å². The van der Waals surface area contributed by atoms with Crippen LogP contribution in [-0.2, 0) is 0 Å². The number of hydrogen-bond donors (Lipinski definition) is 0. The van der Waals surface area contributed by atoms with Crippen LogP contribution in [0.2, 0.25) is 0 Å². The third-order valence-electron chi connectivity index (χ3n) is 0.343. The van der Waals surface area contributed by atoms with Crippen molar-refractivity contribution in [1.82, 2.24) is 4.42 Å². The molecule has 0 N–H and O–H groups in total. The summed E-state index contributed by atoms with van der Waals surface area (Å²) in [5.74, 6) is 0. The SMILES string of the molecule is [CH2]N(Cl)CC. The Hall–Kier alpha value is 0.250. The van der Waals surface area contributed by atoms with Gasteiger partial charge in [0.1, 0.15) is 0 Å². The fraction of sp³-hybridized carbons (Fsp3) is 0.667. The molecule has 0 unspecified atom stereocenters. The molecule has 31 valence electrons. The average molecular weight is 92.5 g/mol. The Balaban J connectivity index is 2.54. The van der Waals surface area contributed by atoms with E-state index < -0.39 is 0 Å². The summed E-state index contributed by atoms with van der Waals surface area (Å²) < 4.78 is 1.35. The van der Waals surface area contributed by atoms with Crippen LogP contribution in [0.4, 0.5) is 0 Å². The lowest BCUT2D eigenvalue weighted by Gasteiger charge is -1.94. The van der Waals surface area contributed by atoms with E-state index in [0.29, 0.717) is 0 Å². The average Bonchev–Trinajstić information content (AvgIpc) is 1.38. The second-order valence-corrected chi connectivity index (χ2v) is 1.26. The van der Waals surface area contributed by atoms with Crippen LogP contribution in [0.3, 0.4) is 0 Å². The molecule has 1 radical (unpaired) electrons. The molecule has 0 aliphatic rings. The first-order valence-corrected chi connectivity index (χ1v) is 1.85. The Morgan fingerprint density at radius 1 is 2.00 bits per heavy atom. The van der Waals surface area contributed by atoms with Gasteiger partial charge in [0, 0.05) is 13.6 Å². The van der Waals surface area contributed by atoms with Gasteiger partial charge >= 0.3 is 0 Å². The maximum absolute atomic E-state index is 5.18.